The van der Waals surface area contributed by atoms with E-state index in [9.17, 15) is 4.79 Å². The molecule has 1 aromatic rings. The first-order valence-corrected chi connectivity index (χ1v) is 7.01. The first-order chi connectivity index (χ1) is 9.69. The molecule has 0 bridgehead atoms. The van der Waals surface area contributed by atoms with Gasteiger partial charge < -0.3 is 20.1 Å². The minimum Gasteiger partial charge on any atom is -0.373 e. The number of benzene rings is 1. The number of fused-ring (bicyclic) bond motifs is 1. The molecule has 0 aliphatic carbocycles. The van der Waals surface area contributed by atoms with E-state index in [1.54, 1.807) is 0 Å². The van der Waals surface area contributed by atoms with Crippen molar-refractivity contribution in [3.05, 3.63) is 34.9 Å². The van der Waals surface area contributed by atoms with Crippen molar-refractivity contribution in [1.82, 2.24) is 4.90 Å². The fourth-order valence-electron chi connectivity index (χ4n) is 2.71. The number of nitrogens with zero attached hydrogens (tertiary/aromatic N) is 1. The molecule has 3 rings (SSSR count). The molecule has 1 fully saturated rings. The van der Waals surface area contributed by atoms with Crippen molar-refractivity contribution in [1.29, 1.82) is 0 Å². The zero-order valence-electron chi connectivity index (χ0n) is 11.7. The van der Waals surface area contributed by atoms with E-state index in [0.29, 0.717) is 32.9 Å². The summed E-state index contributed by atoms with van der Waals surface area (Å²) in [7, 11) is 0. The standard InChI is InChI=1S/C15H20N2O3/c1-10-7-20-14(5-16)6-17(10)15(18)11-2-3-12-8-19-9-13(12)4-11/h2-4,10,14H,5-9,16H2,1H3. The third kappa shape index (κ3) is 2.44. The molecule has 2 aliphatic heterocycles. The second kappa shape index (κ2) is 5.52. The quantitative estimate of drug-likeness (QED) is 0.872. The van der Waals surface area contributed by atoms with Crippen LogP contribution >= 0.6 is 0 Å². The van der Waals surface area contributed by atoms with Crippen LogP contribution in [0.1, 0.15) is 28.4 Å². The van der Waals surface area contributed by atoms with Gasteiger partial charge in [0.1, 0.15) is 0 Å². The molecule has 20 heavy (non-hydrogen) atoms. The number of carbonyl (C=O) groups excluding carboxylic acids is 1. The zero-order valence-corrected chi connectivity index (χ0v) is 11.7. The Labute approximate surface area is 118 Å². The molecule has 2 aliphatic rings. The molecule has 1 aromatic carbocycles. The average Bonchev–Trinajstić information content (AvgIpc) is 2.94. The van der Waals surface area contributed by atoms with E-state index in [1.807, 2.05) is 30.0 Å². The zero-order chi connectivity index (χ0) is 14.1. The number of nitrogens with two attached hydrogens (primary N) is 1. The van der Waals surface area contributed by atoms with E-state index in [-0.39, 0.29) is 18.1 Å². The van der Waals surface area contributed by atoms with Crippen molar-refractivity contribution in [3.63, 3.8) is 0 Å². The Morgan fingerprint density at radius 2 is 2.20 bits per heavy atom. The molecular weight excluding hydrogens is 256 g/mol. The lowest BCUT2D eigenvalue weighted by Crippen LogP contribution is -2.52. The number of hydrogen-bond acceptors (Lipinski definition) is 4. The Morgan fingerprint density at radius 3 is 3.00 bits per heavy atom. The van der Waals surface area contributed by atoms with E-state index in [4.69, 9.17) is 15.2 Å². The van der Waals surface area contributed by atoms with E-state index in [2.05, 4.69) is 0 Å². The van der Waals surface area contributed by atoms with Crippen LogP contribution in [0.3, 0.4) is 0 Å². The molecule has 2 N–H and O–H groups in total. The van der Waals surface area contributed by atoms with Gasteiger partial charge in [-0.25, -0.2) is 0 Å². The fourth-order valence-corrected chi connectivity index (χ4v) is 2.71. The summed E-state index contributed by atoms with van der Waals surface area (Å²) in [6, 6.07) is 5.90. The average molecular weight is 276 g/mol. The highest BCUT2D eigenvalue weighted by Crippen LogP contribution is 2.23. The molecule has 1 amide bonds. The molecular formula is C15H20N2O3. The van der Waals surface area contributed by atoms with Gasteiger partial charge in [0.05, 0.1) is 32.0 Å². The molecule has 0 saturated carbocycles. The Morgan fingerprint density at radius 1 is 1.40 bits per heavy atom. The van der Waals surface area contributed by atoms with Crippen molar-refractivity contribution < 1.29 is 14.3 Å². The van der Waals surface area contributed by atoms with Crippen molar-refractivity contribution in [2.45, 2.75) is 32.3 Å². The summed E-state index contributed by atoms with van der Waals surface area (Å²) in [5, 5.41) is 0. The van der Waals surface area contributed by atoms with Gasteiger partial charge in [-0.05, 0) is 30.2 Å². The van der Waals surface area contributed by atoms with Crippen molar-refractivity contribution in [3.8, 4) is 0 Å². The third-order valence-corrected chi connectivity index (χ3v) is 4.00. The Hall–Kier alpha value is -1.43. The number of morpholine rings is 1. The van der Waals surface area contributed by atoms with Crippen LogP contribution in [0, 0.1) is 0 Å². The molecule has 2 heterocycles. The summed E-state index contributed by atoms with van der Waals surface area (Å²) >= 11 is 0. The smallest absolute Gasteiger partial charge is 0.254 e. The monoisotopic (exact) mass is 276 g/mol. The predicted molar refractivity (Wildman–Crippen MR) is 74.2 cm³/mol. The number of amides is 1. The maximum absolute atomic E-state index is 12.7. The highest BCUT2D eigenvalue weighted by molar-refractivity contribution is 5.94. The molecule has 1 saturated heterocycles. The summed E-state index contributed by atoms with van der Waals surface area (Å²) in [5.74, 6) is 0.0500. The summed E-state index contributed by atoms with van der Waals surface area (Å²) in [6.07, 6.45) is -0.0621. The SMILES string of the molecule is CC1COC(CN)CN1C(=O)c1ccc2c(c1)COC2. The van der Waals surface area contributed by atoms with Gasteiger partial charge in [-0.2, -0.15) is 0 Å². The van der Waals surface area contributed by atoms with Crippen LogP contribution < -0.4 is 5.73 Å². The fraction of sp³-hybridized carbons (Fsp3) is 0.533. The molecule has 0 aromatic heterocycles. The summed E-state index contributed by atoms with van der Waals surface area (Å²) in [6.45, 7) is 4.79. The Balaban J connectivity index is 1.80. The van der Waals surface area contributed by atoms with Crippen LogP contribution in [0.25, 0.3) is 0 Å². The van der Waals surface area contributed by atoms with Gasteiger partial charge in [-0.15, -0.1) is 0 Å². The van der Waals surface area contributed by atoms with E-state index in [0.717, 1.165) is 11.1 Å². The lowest BCUT2D eigenvalue weighted by atomic mass is 10.0. The van der Waals surface area contributed by atoms with Gasteiger partial charge >= 0.3 is 0 Å². The van der Waals surface area contributed by atoms with Crippen LogP contribution in [-0.4, -0.2) is 42.6 Å². The van der Waals surface area contributed by atoms with Gasteiger partial charge in [0.25, 0.3) is 5.91 Å². The van der Waals surface area contributed by atoms with Gasteiger partial charge in [0.15, 0.2) is 0 Å². The first kappa shape index (κ1) is 13.5. The van der Waals surface area contributed by atoms with Crippen LogP contribution in [-0.2, 0) is 22.7 Å². The first-order valence-electron chi connectivity index (χ1n) is 7.01. The number of hydrogen-bond donors (Lipinski definition) is 1. The van der Waals surface area contributed by atoms with Crippen LogP contribution in [0.5, 0.6) is 0 Å². The minimum absolute atomic E-state index is 0.0500. The van der Waals surface area contributed by atoms with Crippen molar-refractivity contribution in [2.75, 3.05) is 19.7 Å². The number of rotatable bonds is 2. The largest absolute Gasteiger partial charge is 0.373 e. The Bertz CT molecular complexity index is 518. The van der Waals surface area contributed by atoms with Gasteiger partial charge in [-0.3, -0.25) is 4.79 Å². The van der Waals surface area contributed by atoms with Gasteiger partial charge in [-0.1, -0.05) is 6.07 Å². The molecule has 2 unspecified atom stereocenters. The van der Waals surface area contributed by atoms with Gasteiger partial charge in [0.2, 0.25) is 0 Å². The maximum Gasteiger partial charge on any atom is 0.254 e. The van der Waals surface area contributed by atoms with Crippen LogP contribution in [0.15, 0.2) is 18.2 Å². The highest BCUT2D eigenvalue weighted by Gasteiger charge is 2.30. The highest BCUT2D eigenvalue weighted by atomic mass is 16.5. The van der Waals surface area contributed by atoms with Crippen molar-refractivity contribution in [2.24, 2.45) is 5.73 Å². The molecule has 5 heteroatoms. The van der Waals surface area contributed by atoms with Crippen molar-refractivity contribution >= 4 is 5.91 Å². The summed E-state index contributed by atoms with van der Waals surface area (Å²) < 4.78 is 11.0. The summed E-state index contributed by atoms with van der Waals surface area (Å²) in [4.78, 5) is 14.5. The second-order valence-corrected chi connectivity index (χ2v) is 5.47. The summed E-state index contributed by atoms with van der Waals surface area (Å²) in [5.41, 5.74) is 8.66. The van der Waals surface area contributed by atoms with Crippen LogP contribution in [0.2, 0.25) is 0 Å². The van der Waals surface area contributed by atoms with Gasteiger partial charge in [0, 0.05) is 18.7 Å². The molecule has 5 nitrogen and oxygen atoms in total. The normalized spacial score (nSPS) is 25.6. The lowest BCUT2D eigenvalue weighted by molar-refractivity contribution is -0.0426. The molecule has 108 valence electrons. The predicted octanol–water partition coefficient (Wildman–Crippen LogP) is 0.905. The minimum atomic E-state index is -0.0621. The maximum atomic E-state index is 12.7. The van der Waals surface area contributed by atoms with Crippen LogP contribution in [0.4, 0.5) is 0 Å². The van der Waals surface area contributed by atoms with E-state index in [1.165, 1.54) is 5.56 Å². The molecule has 0 radical (unpaired) electrons. The topological polar surface area (TPSA) is 64.8 Å². The number of ether oxygens (including phenoxy) is 2. The van der Waals surface area contributed by atoms with E-state index < -0.39 is 0 Å². The third-order valence-electron chi connectivity index (χ3n) is 4.00. The Kier molecular flexibility index (Phi) is 3.74. The number of carbonyl (C=O) groups is 1. The second-order valence-electron chi connectivity index (χ2n) is 5.47. The molecule has 0 spiro atoms. The lowest BCUT2D eigenvalue weighted by Gasteiger charge is -2.37. The molecule has 2 atom stereocenters. The van der Waals surface area contributed by atoms with E-state index >= 15 is 0 Å².